The van der Waals surface area contributed by atoms with Gasteiger partial charge in [-0.05, 0) is 61.6 Å². The number of rotatable bonds is 11. The van der Waals surface area contributed by atoms with Crippen LogP contribution in [0.3, 0.4) is 0 Å². The number of amides is 4. The van der Waals surface area contributed by atoms with Crippen molar-refractivity contribution in [2.45, 2.75) is 64.2 Å². The minimum Gasteiger partial charge on any atom is -0.368 e. The highest BCUT2D eigenvalue weighted by atomic mass is 35.5. The van der Waals surface area contributed by atoms with Crippen molar-refractivity contribution in [2.24, 2.45) is 11.7 Å². The summed E-state index contributed by atoms with van der Waals surface area (Å²) in [7, 11) is 1.66. The summed E-state index contributed by atoms with van der Waals surface area (Å²) in [6.07, 6.45) is 1.27. The van der Waals surface area contributed by atoms with E-state index in [9.17, 15) is 19.2 Å². The van der Waals surface area contributed by atoms with Crippen LogP contribution in [-0.2, 0) is 25.6 Å². The number of primary amides is 1. The minimum absolute atomic E-state index is 0.185. The summed E-state index contributed by atoms with van der Waals surface area (Å²) in [6.45, 7) is 5.77. The molecule has 2 aromatic carbocycles. The molecule has 4 amide bonds. The minimum atomic E-state index is -0.960. The lowest BCUT2D eigenvalue weighted by molar-refractivity contribution is -0.143. The maximum absolute atomic E-state index is 13.5. The predicted octanol–water partition coefficient (Wildman–Crippen LogP) is 2.91. The molecule has 5 N–H and O–H groups in total. The number of halogens is 2. The number of hydrogen-bond donors (Lipinski definition) is 4. The molecule has 0 unspecified atom stereocenters. The first kappa shape index (κ1) is 31.4. The lowest BCUT2D eigenvalue weighted by Crippen LogP contribution is -2.58. The highest BCUT2D eigenvalue weighted by Gasteiger charge is 2.39. The zero-order valence-electron chi connectivity index (χ0n) is 23.2. The van der Waals surface area contributed by atoms with Crippen molar-refractivity contribution in [3.8, 4) is 11.1 Å². The van der Waals surface area contributed by atoms with Crippen LogP contribution < -0.4 is 21.7 Å². The Morgan fingerprint density at radius 1 is 0.975 bits per heavy atom. The molecule has 0 spiro atoms. The summed E-state index contributed by atoms with van der Waals surface area (Å²) < 4.78 is 0. The van der Waals surface area contributed by atoms with Crippen molar-refractivity contribution >= 4 is 46.8 Å². The molecule has 3 rings (SSSR count). The normalized spacial score (nSPS) is 17.3. The standard InChI is InChI=1S/C29H37Cl2N5O4/c1-16(2)25(35-27(38)17(3)33-4)29(40)36-13-5-6-24(36)28(39)34-23(26(32)37)14-18-7-9-19(10-8-18)20-11-12-21(30)22(31)15-20/h7-12,15-17,23-25,33H,5-6,13-14H2,1-4H3,(H2,32,37)(H,34,39)(H,35,38)/t17-,23-,24-,25-/m0/s1. The van der Waals surface area contributed by atoms with Gasteiger partial charge in [0.25, 0.3) is 0 Å². The second-order valence-electron chi connectivity index (χ2n) is 10.4. The van der Waals surface area contributed by atoms with Crippen LogP contribution in [0, 0.1) is 5.92 Å². The van der Waals surface area contributed by atoms with Crippen molar-refractivity contribution < 1.29 is 19.2 Å². The van der Waals surface area contributed by atoms with Crippen molar-refractivity contribution in [3.05, 3.63) is 58.1 Å². The largest absolute Gasteiger partial charge is 0.368 e. The molecular weight excluding hydrogens is 553 g/mol. The Balaban J connectivity index is 1.69. The summed E-state index contributed by atoms with van der Waals surface area (Å²) in [4.78, 5) is 53.0. The number of hydrogen-bond acceptors (Lipinski definition) is 5. The van der Waals surface area contributed by atoms with Crippen LogP contribution in [0.25, 0.3) is 11.1 Å². The molecule has 1 aliphatic rings. The summed E-state index contributed by atoms with van der Waals surface area (Å²) >= 11 is 12.1. The van der Waals surface area contributed by atoms with Gasteiger partial charge in [0.05, 0.1) is 16.1 Å². The van der Waals surface area contributed by atoms with Gasteiger partial charge in [-0.2, -0.15) is 0 Å². The third-order valence-electron chi connectivity index (χ3n) is 7.20. The van der Waals surface area contributed by atoms with Crippen molar-refractivity contribution in [3.63, 3.8) is 0 Å². The Hall–Kier alpha value is -3.14. The first-order chi connectivity index (χ1) is 18.9. The molecule has 1 aliphatic heterocycles. The molecule has 0 saturated carbocycles. The average Bonchev–Trinajstić information content (AvgIpc) is 3.42. The van der Waals surface area contributed by atoms with Crippen LogP contribution >= 0.6 is 23.2 Å². The number of likely N-dealkylation sites (tertiary alicyclic amines) is 1. The molecule has 11 heteroatoms. The molecule has 216 valence electrons. The molecular formula is C29H37Cl2N5O4. The fourth-order valence-electron chi connectivity index (χ4n) is 4.64. The molecule has 0 bridgehead atoms. The fraction of sp³-hybridized carbons (Fsp3) is 0.448. The molecule has 4 atom stereocenters. The Morgan fingerprint density at radius 2 is 1.62 bits per heavy atom. The number of nitrogens with zero attached hydrogens (tertiary/aromatic N) is 1. The molecule has 2 aromatic rings. The summed E-state index contributed by atoms with van der Waals surface area (Å²) in [6, 6.07) is 9.88. The first-order valence-electron chi connectivity index (χ1n) is 13.3. The topological polar surface area (TPSA) is 134 Å². The summed E-state index contributed by atoms with van der Waals surface area (Å²) in [5, 5.41) is 9.34. The predicted molar refractivity (Wildman–Crippen MR) is 157 cm³/mol. The van der Waals surface area contributed by atoms with Gasteiger partial charge in [-0.25, -0.2) is 0 Å². The van der Waals surface area contributed by atoms with E-state index in [-0.39, 0.29) is 24.2 Å². The van der Waals surface area contributed by atoms with E-state index in [0.29, 0.717) is 29.4 Å². The van der Waals surface area contributed by atoms with Crippen molar-refractivity contribution in [2.75, 3.05) is 13.6 Å². The van der Waals surface area contributed by atoms with Crippen LogP contribution in [0.4, 0.5) is 0 Å². The van der Waals surface area contributed by atoms with Gasteiger partial charge in [0.15, 0.2) is 0 Å². The zero-order chi connectivity index (χ0) is 29.6. The quantitative estimate of drug-likeness (QED) is 0.320. The van der Waals surface area contributed by atoms with Crippen molar-refractivity contribution in [1.82, 2.24) is 20.9 Å². The summed E-state index contributed by atoms with van der Waals surface area (Å²) in [5.41, 5.74) is 8.25. The second kappa shape index (κ2) is 14.0. The van der Waals surface area contributed by atoms with Gasteiger partial charge >= 0.3 is 0 Å². The molecule has 0 aliphatic carbocycles. The molecule has 1 heterocycles. The molecule has 0 radical (unpaired) electrons. The van der Waals surface area contributed by atoms with E-state index in [1.807, 2.05) is 44.2 Å². The zero-order valence-corrected chi connectivity index (χ0v) is 24.7. The van der Waals surface area contributed by atoms with Gasteiger partial charge in [0, 0.05) is 13.0 Å². The van der Waals surface area contributed by atoms with Gasteiger partial charge in [0.2, 0.25) is 23.6 Å². The third kappa shape index (κ3) is 7.74. The van der Waals surface area contributed by atoms with Gasteiger partial charge in [-0.15, -0.1) is 0 Å². The number of carbonyl (C=O) groups excluding carboxylic acids is 4. The van der Waals surface area contributed by atoms with E-state index in [1.54, 1.807) is 26.1 Å². The van der Waals surface area contributed by atoms with E-state index in [0.717, 1.165) is 16.7 Å². The maximum atomic E-state index is 13.5. The number of likely N-dealkylation sites (N-methyl/N-ethyl adjacent to an activating group) is 1. The lowest BCUT2D eigenvalue weighted by Gasteiger charge is -2.31. The fourth-order valence-corrected chi connectivity index (χ4v) is 4.94. The van der Waals surface area contributed by atoms with Gasteiger partial charge in [-0.1, -0.05) is 67.4 Å². The second-order valence-corrected chi connectivity index (χ2v) is 11.2. The van der Waals surface area contributed by atoms with E-state index >= 15 is 0 Å². The van der Waals surface area contributed by atoms with Crippen LogP contribution in [-0.4, -0.2) is 66.3 Å². The highest BCUT2D eigenvalue weighted by Crippen LogP contribution is 2.29. The molecule has 1 saturated heterocycles. The van der Waals surface area contributed by atoms with Crippen molar-refractivity contribution in [1.29, 1.82) is 0 Å². The number of benzene rings is 2. The molecule has 1 fully saturated rings. The lowest BCUT2D eigenvalue weighted by atomic mass is 10.00. The van der Waals surface area contributed by atoms with Crippen LogP contribution in [0.1, 0.15) is 39.2 Å². The van der Waals surface area contributed by atoms with Gasteiger partial charge in [0.1, 0.15) is 18.1 Å². The van der Waals surface area contributed by atoms with Crippen LogP contribution in [0.2, 0.25) is 10.0 Å². The number of nitrogens with one attached hydrogen (secondary N) is 3. The maximum Gasteiger partial charge on any atom is 0.246 e. The van der Waals surface area contributed by atoms with E-state index < -0.39 is 36.0 Å². The summed E-state index contributed by atoms with van der Waals surface area (Å²) in [5.74, 6) is -1.92. The van der Waals surface area contributed by atoms with E-state index in [4.69, 9.17) is 28.9 Å². The highest BCUT2D eigenvalue weighted by molar-refractivity contribution is 6.42. The first-order valence-corrected chi connectivity index (χ1v) is 14.1. The van der Waals surface area contributed by atoms with E-state index in [2.05, 4.69) is 16.0 Å². The smallest absolute Gasteiger partial charge is 0.246 e. The molecule has 40 heavy (non-hydrogen) atoms. The SMILES string of the molecule is CN[C@@H](C)C(=O)N[C@H](C(=O)N1CCC[C@H]1C(=O)N[C@@H](Cc1ccc(-c2ccc(Cl)c(Cl)c2)cc1)C(N)=O)C(C)C. The van der Waals surface area contributed by atoms with Crippen LogP contribution in [0.5, 0.6) is 0 Å². The van der Waals surface area contributed by atoms with E-state index in [1.165, 1.54) is 4.90 Å². The molecule has 0 aromatic heterocycles. The monoisotopic (exact) mass is 589 g/mol. The van der Waals surface area contributed by atoms with Crippen LogP contribution in [0.15, 0.2) is 42.5 Å². The van der Waals surface area contributed by atoms with Gasteiger partial charge in [-0.3, -0.25) is 19.2 Å². The Morgan fingerprint density at radius 3 is 2.20 bits per heavy atom. The third-order valence-corrected chi connectivity index (χ3v) is 7.94. The average molecular weight is 591 g/mol. The Bertz CT molecular complexity index is 1240. The number of nitrogens with two attached hydrogens (primary N) is 1. The van der Waals surface area contributed by atoms with Gasteiger partial charge < -0.3 is 26.6 Å². The Kier molecular flexibility index (Phi) is 11.0. The Labute approximate surface area is 245 Å². The molecule has 9 nitrogen and oxygen atoms in total. The number of carbonyl (C=O) groups is 4.